The van der Waals surface area contributed by atoms with E-state index in [0.29, 0.717) is 19.3 Å². The Labute approximate surface area is 145 Å². The smallest absolute Gasteiger partial charge is 0.305 e. The maximum Gasteiger partial charge on any atom is 0.305 e. The number of unbranched alkanes of at least 4 members (excludes halogenated alkanes) is 4. The fraction of sp³-hybridized carbons (Fsp3) is 0.842. The number of rotatable bonds is 11. The molecule has 1 fully saturated rings. The first kappa shape index (κ1) is 21.1. The summed E-state index contributed by atoms with van der Waals surface area (Å²) in [6, 6.07) is 0. The summed E-state index contributed by atoms with van der Waals surface area (Å²) in [6.45, 7) is 2.02. The zero-order chi connectivity index (χ0) is 17.9. The molecule has 0 radical (unpaired) electrons. The average molecular weight is 342 g/mol. The van der Waals surface area contributed by atoms with Gasteiger partial charge in [0.25, 0.3) is 0 Å². The lowest BCUT2D eigenvalue weighted by Gasteiger charge is -2.19. The molecule has 0 aliphatic heterocycles. The van der Waals surface area contributed by atoms with Gasteiger partial charge >= 0.3 is 5.97 Å². The molecule has 5 heteroatoms. The molecule has 0 aromatic carbocycles. The predicted octanol–water partition coefficient (Wildman–Crippen LogP) is 2.58. The van der Waals surface area contributed by atoms with Crippen LogP contribution in [0.3, 0.4) is 0 Å². The van der Waals surface area contributed by atoms with Crippen molar-refractivity contribution in [1.29, 1.82) is 0 Å². The zero-order valence-corrected chi connectivity index (χ0v) is 15.1. The standard InChI is InChI=1S/C19H34O5/c1-3-15-16(18(22)13-17(15)21)12-11-14(20)9-7-5-4-6-8-10-19(23)24-2/h11-12,14-18,20-22H,3-10,13H2,1-2H3/b12-11+/t14-,15-,16+,17+,18-/m1/s1. The minimum Gasteiger partial charge on any atom is -0.469 e. The van der Waals surface area contributed by atoms with Gasteiger partial charge < -0.3 is 20.1 Å². The van der Waals surface area contributed by atoms with E-state index in [-0.39, 0.29) is 17.8 Å². The van der Waals surface area contributed by atoms with Crippen LogP contribution < -0.4 is 0 Å². The number of carbonyl (C=O) groups is 1. The van der Waals surface area contributed by atoms with E-state index in [4.69, 9.17) is 0 Å². The van der Waals surface area contributed by atoms with Crippen molar-refractivity contribution in [2.24, 2.45) is 11.8 Å². The second kappa shape index (κ2) is 11.6. The van der Waals surface area contributed by atoms with E-state index < -0.39 is 18.3 Å². The van der Waals surface area contributed by atoms with Gasteiger partial charge in [0.1, 0.15) is 0 Å². The van der Waals surface area contributed by atoms with Crippen LogP contribution >= 0.6 is 0 Å². The Morgan fingerprint density at radius 2 is 1.83 bits per heavy atom. The van der Waals surface area contributed by atoms with Crippen molar-refractivity contribution in [1.82, 2.24) is 0 Å². The van der Waals surface area contributed by atoms with Gasteiger partial charge in [0, 0.05) is 18.8 Å². The molecule has 5 atom stereocenters. The van der Waals surface area contributed by atoms with Gasteiger partial charge in [-0.15, -0.1) is 0 Å². The second-order valence-corrected chi connectivity index (χ2v) is 6.85. The fourth-order valence-corrected chi connectivity index (χ4v) is 3.54. The number of carbonyl (C=O) groups excluding carboxylic acids is 1. The first-order valence-corrected chi connectivity index (χ1v) is 9.28. The third-order valence-corrected chi connectivity index (χ3v) is 5.05. The first-order valence-electron chi connectivity index (χ1n) is 9.28. The molecule has 24 heavy (non-hydrogen) atoms. The molecule has 5 nitrogen and oxygen atoms in total. The van der Waals surface area contributed by atoms with E-state index >= 15 is 0 Å². The highest BCUT2D eigenvalue weighted by Crippen LogP contribution is 2.35. The maximum absolute atomic E-state index is 11.0. The Balaban J connectivity index is 2.15. The summed E-state index contributed by atoms with van der Waals surface area (Å²) in [7, 11) is 1.41. The largest absolute Gasteiger partial charge is 0.469 e. The molecule has 1 aliphatic carbocycles. The van der Waals surface area contributed by atoms with Crippen LogP contribution in [0.25, 0.3) is 0 Å². The highest BCUT2D eigenvalue weighted by molar-refractivity contribution is 5.68. The van der Waals surface area contributed by atoms with Gasteiger partial charge in [-0.1, -0.05) is 51.2 Å². The second-order valence-electron chi connectivity index (χ2n) is 6.85. The van der Waals surface area contributed by atoms with Crippen molar-refractivity contribution in [3.8, 4) is 0 Å². The molecule has 140 valence electrons. The molecule has 3 N–H and O–H groups in total. The number of hydrogen-bond donors (Lipinski definition) is 3. The molecule has 1 saturated carbocycles. The third kappa shape index (κ3) is 7.32. The number of hydrogen-bond acceptors (Lipinski definition) is 5. The van der Waals surface area contributed by atoms with Crippen LogP contribution in [0.5, 0.6) is 0 Å². The molecule has 0 saturated heterocycles. The van der Waals surface area contributed by atoms with Gasteiger partial charge in [0.2, 0.25) is 0 Å². The summed E-state index contributed by atoms with van der Waals surface area (Å²) in [4.78, 5) is 11.0. The van der Waals surface area contributed by atoms with E-state index in [2.05, 4.69) is 4.74 Å². The monoisotopic (exact) mass is 342 g/mol. The lowest BCUT2D eigenvalue weighted by molar-refractivity contribution is -0.140. The minimum absolute atomic E-state index is 0.0574. The molecule has 0 spiro atoms. The Kier molecular flexibility index (Phi) is 10.2. The number of methoxy groups -OCH3 is 1. The van der Waals surface area contributed by atoms with Crippen LogP contribution in [-0.2, 0) is 9.53 Å². The number of aliphatic hydroxyl groups is 3. The van der Waals surface area contributed by atoms with E-state index in [0.717, 1.165) is 38.5 Å². The molecular formula is C19H34O5. The molecule has 1 rings (SSSR count). The SMILES string of the molecule is CC[C@@H]1[C@H](/C=C/[C@H](O)CCCCCCCC(=O)OC)[C@H](O)C[C@@H]1O. The van der Waals surface area contributed by atoms with Crippen molar-refractivity contribution in [3.63, 3.8) is 0 Å². The van der Waals surface area contributed by atoms with Crippen molar-refractivity contribution in [2.75, 3.05) is 7.11 Å². The quantitative estimate of drug-likeness (QED) is 0.305. The average Bonchev–Trinajstić information content (AvgIpc) is 2.84. The Bertz CT molecular complexity index is 382. The molecule has 0 unspecified atom stereocenters. The van der Waals surface area contributed by atoms with Gasteiger partial charge in [-0.05, 0) is 18.8 Å². The number of aliphatic hydroxyl groups excluding tert-OH is 3. The predicted molar refractivity (Wildman–Crippen MR) is 93.4 cm³/mol. The van der Waals surface area contributed by atoms with Gasteiger partial charge in [-0.25, -0.2) is 0 Å². The molecule has 0 heterocycles. The van der Waals surface area contributed by atoms with Crippen LogP contribution in [0.4, 0.5) is 0 Å². The highest BCUT2D eigenvalue weighted by atomic mass is 16.5. The summed E-state index contributed by atoms with van der Waals surface area (Å²) in [6.07, 6.45) is 9.54. The van der Waals surface area contributed by atoms with E-state index in [1.54, 1.807) is 6.08 Å². The van der Waals surface area contributed by atoms with Crippen molar-refractivity contribution >= 4 is 5.97 Å². The topological polar surface area (TPSA) is 87.0 Å². The molecule has 0 bridgehead atoms. The lowest BCUT2D eigenvalue weighted by atomic mass is 9.90. The van der Waals surface area contributed by atoms with Crippen LogP contribution in [-0.4, -0.2) is 46.7 Å². The van der Waals surface area contributed by atoms with Gasteiger partial charge in [0.15, 0.2) is 0 Å². The van der Waals surface area contributed by atoms with Crippen LogP contribution in [0.2, 0.25) is 0 Å². The Hall–Kier alpha value is -0.910. The van der Waals surface area contributed by atoms with Crippen molar-refractivity contribution in [2.45, 2.75) is 83.0 Å². The number of esters is 1. The van der Waals surface area contributed by atoms with Crippen LogP contribution in [0.1, 0.15) is 64.7 Å². The Morgan fingerprint density at radius 1 is 1.17 bits per heavy atom. The zero-order valence-electron chi connectivity index (χ0n) is 15.1. The maximum atomic E-state index is 11.0. The van der Waals surface area contributed by atoms with Crippen molar-refractivity contribution < 1.29 is 24.9 Å². The van der Waals surface area contributed by atoms with Gasteiger partial charge in [0.05, 0.1) is 25.4 Å². The molecule has 0 aromatic rings. The molecule has 0 amide bonds. The summed E-state index contributed by atoms with van der Waals surface area (Å²) in [5.41, 5.74) is 0. The highest BCUT2D eigenvalue weighted by Gasteiger charge is 2.38. The Morgan fingerprint density at radius 3 is 2.50 bits per heavy atom. The fourth-order valence-electron chi connectivity index (χ4n) is 3.54. The minimum atomic E-state index is -0.511. The number of ether oxygens (including phenoxy) is 1. The van der Waals surface area contributed by atoms with Gasteiger partial charge in [-0.2, -0.15) is 0 Å². The summed E-state index contributed by atoms with van der Waals surface area (Å²) in [5, 5.41) is 29.9. The summed E-state index contributed by atoms with van der Waals surface area (Å²) in [5.74, 6) is -0.128. The van der Waals surface area contributed by atoms with Crippen LogP contribution in [0.15, 0.2) is 12.2 Å². The van der Waals surface area contributed by atoms with Crippen LogP contribution in [0, 0.1) is 11.8 Å². The van der Waals surface area contributed by atoms with E-state index in [1.807, 2.05) is 13.0 Å². The molecule has 1 aliphatic rings. The van der Waals surface area contributed by atoms with Crippen molar-refractivity contribution in [3.05, 3.63) is 12.2 Å². The van der Waals surface area contributed by atoms with E-state index in [1.165, 1.54) is 7.11 Å². The normalized spacial score (nSPS) is 28.4. The third-order valence-electron chi connectivity index (χ3n) is 5.05. The molecular weight excluding hydrogens is 308 g/mol. The van der Waals surface area contributed by atoms with Gasteiger partial charge in [-0.3, -0.25) is 4.79 Å². The molecule has 0 aromatic heterocycles. The summed E-state index contributed by atoms with van der Waals surface area (Å²) < 4.78 is 4.60. The lowest BCUT2D eigenvalue weighted by Crippen LogP contribution is -2.20. The summed E-state index contributed by atoms with van der Waals surface area (Å²) >= 11 is 0. The first-order chi connectivity index (χ1) is 11.5. The van der Waals surface area contributed by atoms with E-state index in [9.17, 15) is 20.1 Å².